The predicted octanol–water partition coefficient (Wildman–Crippen LogP) is 4.00. The van der Waals surface area contributed by atoms with Gasteiger partial charge in [0.15, 0.2) is 0 Å². The van der Waals surface area contributed by atoms with Crippen molar-refractivity contribution in [3.05, 3.63) is 95.3 Å². The maximum absolute atomic E-state index is 12.7. The van der Waals surface area contributed by atoms with Crippen molar-refractivity contribution in [1.82, 2.24) is 20.2 Å². The Morgan fingerprint density at radius 1 is 1.00 bits per heavy atom. The Morgan fingerprint density at radius 3 is 2.44 bits per heavy atom. The lowest BCUT2D eigenvalue weighted by molar-refractivity contribution is 0.0338. The summed E-state index contributed by atoms with van der Waals surface area (Å²) in [5.74, 6) is -0.524. The second-order valence-electron chi connectivity index (χ2n) is 7.83. The van der Waals surface area contributed by atoms with Gasteiger partial charge in [-0.25, -0.2) is 17.9 Å². The zero-order valence-corrected chi connectivity index (χ0v) is 19.7. The van der Waals surface area contributed by atoms with Crippen LogP contribution in [0.3, 0.4) is 0 Å². The number of ether oxygens (including phenoxy) is 1. The van der Waals surface area contributed by atoms with Crippen LogP contribution in [0, 0.1) is 13.8 Å². The standard InChI is InChI=1S/C24H23N5O4S/c1-16-7-12-23(13-17(16)2)34(31,32)26-21-10-8-19(9-11-21)24(30)33-18(3)20-5-4-6-22(14-20)29-15-25-27-28-29/h4-15,18,26H,1-3H3/t18-/m1/s1. The number of nitrogens with one attached hydrogen (secondary N) is 1. The summed E-state index contributed by atoms with van der Waals surface area (Å²) in [4.78, 5) is 12.8. The number of aryl methyl sites for hydroxylation is 2. The third-order valence-corrected chi connectivity index (χ3v) is 6.78. The monoisotopic (exact) mass is 477 g/mol. The number of esters is 1. The van der Waals surface area contributed by atoms with E-state index in [-0.39, 0.29) is 4.90 Å². The number of anilines is 1. The number of nitrogens with zero attached hydrogens (tertiary/aromatic N) is 4. The molecule has 0 saturated heterocycles. The zero-order chi connectivity index (χ0) is 24.3. The number of hydrogen-bond acceptors (Lipinski definition) is 7. The topological polar surface area (TPSA) is 116 Å². The molecule has 4 aromatic rings. The van der Waals surface area contributed by atoms with Crippen molar-refractivity contribution in [1.29, 1.82) is 0 Å². The number of hydrogen-bond donors (Lipinski definition) is 1. The summed E-state index contributed by atoms with van der Waals surface area (Å²) < 4.78 is 35.0. The number of sulfonamides is 1. The molecule has 0 radical (unpaired) electrons. The number of benzene rings is 3. The van der Waals surface area contributed by atoms with Crippen molar-refractivity contribution in [2.24, 2.45) is 0 Å². The van der Waals surface area contributed by atoms with Gasteiger partial charge in [-0.2, -0.15) is 0 Å². The second kappa shape index (κ2) is 9.44. The minimum atomic E-state index is -3.75. The summed E-state index contributed by atoms with van der Waals surface area (Å²) in [6, 6.07) is 18.4. The Balaban J connectivity index is 1.43. The molecule has 0 unspecified atom stereocenters. The van der Waals surface area contributed by atoms with Crippen LogP contribution in [0.1, 0.15) is 40.1 Å². The first-order chi connectivity index (χ1) is 16.2. The van der Waals surface area contributed by atoms with E-state index in [1.165, 1.54) is 35.3 Å². The average Bonchev–Trinajstić information content (AvgIpc) is 3.36. The van der Waals surface area contributed by atoms with Crippen LogP contribution in [0.5, 0.6) is 0 Å². The highest BCUT2D eigenvalue weighted by molar-refractivity contribution is 7.92. The molecule has 1 N–H and O–H groups in total. The van der Waals surface area contributed by atoms with E-state index in [0.717, 1.165) is 22.4 Å². The molecule has 174 valence electrons. The van der Waals surface area contributed by atoms with Crippen molar-refractivity contribution in [2.45, 2.75) is 31.8 Å². The normalized spacial score (nSPS) is 12.2. The molecule has 4 rings (SSSR count). The number of tetrazole rings is 1. The number of aromatic nitrogens is 4. The smallest absolute Gasteiger partial charge is 0.338 e. The molecular formula is C24H23N5O4S. The SMILES string of the molecule is Cc1ccc(S(=O)(=O)Nc2ccc(C(=O)O[C@H](C)c3cccc(-n4cnnn4)c3)cc2)cc1C. The predicted molar refractivity (Wildman–Crippen MR) is 126 cm³/mol. The van der Waals surface area contributed by atoms with E-state index in [1.54, 1.807) is 25.1 Å². The highest BCUT2D eigenvalue weighted by atomic mass is 32.2. The molecule has 0 aliphatic carbocycles. The quantitative estimate of drug-likeness (QED) is 0.400. The summed E-state index contributed by atoms with van der Waals surface area (Å²) >= 11 is 0. The van der Waals surface area contributed by atoms with Crippen molar-refractivity contribution >= 4 is 21.7 Å². The molecule has 3 aromatic carbocycles. The highest BCUT2D eigenvalue weighted by Gasteiger charge is 2.17. The van der Waals surface area contributed by atoms with Crippen LogP contribution in [-0.4, -0.2) is 34.6 Å². The first kappa shape index (κ1) is 23.1. The first-order valence-corrected chi connectivity index (χ1v) is 12.0. The molecule has 0 saturated carbocycles. The maximum Gasteiger partial charge on any atom is 0.338 e. The first-order valence-electron chi connectivity index (χ1n) is 10.5. The Kier molecular flexibility index (Phi) is 6.42. The van der Waals surface area contributed by atoms with Gasteiger partial charge in [0.1, 0.15) is 12.4 Å². The van der Waals surface area contributed by atoms with E-state index >= 15 is 0 Å². The lowest BCUT2D eigenvalue weighted by Gasteiger charge is -2.15. The maximum atomic E-state index is 12.7. The Bertz CT molecular complexity index is 1420. The number of rotatable bonds is 7. The molecule has 0 spiro atoms. The molecule has 1 atom stereocenters. The van der Waals surface area contributed by atoms with E-state index in [0.29, 0.717) is 11.3 Å². The molecule has 1 heterocycles. The van der Waals surface area contributed by atoms with Crippen molar-refractivity contribution in [3.63, 3.8) is 0 Å². The van der Waals surface area contributed by atoms with Gasteiger partial charge >= 0.3 is 5.97 Å². The fourth-order valence-corrected chi connectivity index (χ4v) is 4.41. The molecule has 0 aliphatic rings. The van der Waals surface area contributed by atoms with E-state index in [2.05, 4.69) is 20.2 Å². The molecule has 0 bridgehead atoms. The summed E-state index contributed by atoms with van der Waals surface area (Å²) in [6.07, 6.45) is 0.956. The van der Waals surface area contributed by atoms with Crippen LogP contribution in [0.25, 0.3) is 5.69 Å². The van der Waals surface area contributed by atoms with Gasteiger partial charge in [0.05, 0.1) is 16.1 Å². The van der Waals surface area contributed by atoms with Crippen molar-refractivity contribution < 1.29 is 17.9 Å². The third-order valence-electron chi connectivity index (χ3n) is 5.40. The second-order valence-corrected chi connectivity index (χ2v) is 9.51. The molecule has 10 heteroatoms. The Labute approximate surface area is 197 Å². The van der Waals surface area contributed by atoms with Gasteiger partial charge in [-0.15, -0.1) is 5.10 Å². The van der Waals surface area contributed by atoms with Crippen LogP contribution in [0.2, 0.25) is 0 Å². The van der Waals surface area contributed by atoms with Gasteiger partial charge < -0.3 is 4.74 Å². The summed E-state index contributed by atoms with van der Waals surface area (Å²) in [6.45, 7) is 5.55. The Morgan fingerprint density at radius 2 is 1.76 bits per heavy atom. The van der Waals surface area contributed by atoms with Crippen LogP contribution < -0.4 is 4.72 Å². The van der Waals surface area contributed by atoms with Crippen LogP contribution >= 0.6 is 0 Å². The minimum absolute atomic E-state index is 0.178. The molecule has 0 aliphatic heterocycles. The van der Waals surface area contributed by atoms with Crippen molar-refractivity contribution in [2.75, 3.05) is 4.72 Å². The van der Waals surface area contributed by atoms with Gasteiger partial charge in [0.25, 0.3) is 10.0 Å². The molecular weight excluding hydrogens is 454 g/mol. The number of carbonyl (C=O) groups excluding carboxylic acids is 1. The average molecular weight is 478 g/mol. The third kappa shape index (κ3) is 5.12. The fourth-order valence-electron chi connectivity index (χ4n) is 3.27. The molecule has 1 aromatic heterocycles. The highest BCUT2D eigenvalue weighted by Crippen LogP contribution is 2.23. The molecule has 0 fully saturated rings. The van der Waals surface area contributed by atoms with Gasteiger partial charge in [-0.3, -0.25) is 4.72 Å². The largest absolute Gasteiger partial charge is 0.454 e. The van der Waals surface area contributed by atoms with E-state index < -0.39 is 22.1 Å². The fraction of sp³-hybridized carbons (Fsp3) is 0.167. The lowest BCUT2D eigenvalue weighted by atomic mass is 10.1. The summed E-state index contributed by atoms with van der Waals surface area (Å²) in [5, 5.41) is 11.1. The molecule has 9 nitrogen and oxygen atoms in total. The number of carbonyl (C=O) groups is 1. The van der Waals surface area contributed by atoms with E-state index in [1.807, 2.05) is 38.1 Å². The zero-order valence-electron chi connectivity index (χ0n) is 18.8. The Hall–Kier alpha value is -4.05. The minimum Gasteiger partial charge on any atom is -0.454 e. The van der Waals surface area contributed by atoms with Gasteiger partial charge in [-0.1, -0.05) is 18.2 Å². The van der Waals surface area contributed by atoms with Gasteiger partial charge in [-0.05, 0) is 96.4 Å². The van der Waals surface area contributed by atoms with Crippen molar-refractivity contribution in [3.8, 4) is 5.69 Å². The molecule has 34 heavy (non-hydrogen) atoms. The van der Waals surface area contributed by atoms with Gasteiger partial charge in [0, 0.05) is 5.69 Å². The lowest BCUT2D eigenvalue weighted by Crippen LogP contribution is -2.14. The summed E-state index contributed by atoms with van der Waals surface area (Å²) in [7, 11) is -3.75. The molecule has 0 amide bonds. The van der Waals surface area contributed by atoms with E-state index in [9.17, 15) is 13.2 Å². The van der Waals surface area contributed by atoms with Gasteiger partial charge in [0.2, 0.25) is 0 Å². The van der Waals surface area contributed by atoms with Crippen LogP contribution in [0.4, 0.5) is 5.69 Å². The summed E-state index contributed by atoms with van der Waals surface area (Å²) in [5.41, 5.74) is 4.07. The van der Waals surface area contributed by atoms with Crippen LogP contribution in [-0.2, 0) is 14.8 Å². The van der Waals surface area contributed by atoms with E-state index in [4.69, 9.17) is 4.74 Å². The van der Waals surface area contributed by atoms with Crippen LogP contribution in [0.15, 0.2) is 78.0 Å².